The zero-order valence-corrected chi connectivity index (χ0v) is 11.8. The minimum Gasteiger partial charge on any atom is -0.569 e. The van der Waals surface area contributed by atoms with Crippen molar-refractivity contribution in [3.8, 4) is 0 Å². The lowest BCUT2D eigenvalue weighted by atomic mass is 9.99. The van der Waals surface area contributed by atoms with Crippen molar-refractivity contribution in [3.63, 3.8) is 0 Å². The van der Waals surface area contributed by atoms with Gasteiger partial charge in [0, 0.05) is 0 Å². The molecule has 0 amide bonds. The van der Waals surface area contributed by atoms with Gasteiger partial charge in [0.15, 0.2) is 0 Å². The maximum atomic E-state index is 11.8. The molecule has 0 saturated carbocycles. The molecule has 2 aliphatic rings. The molecular weight excluding hydrogens is 302 g/mol. The van der Waals surface area contributed by atoms with Gasteiger partial charge in [-0.25, -0.2) is 0 Å². The van der Waals surface area contributed by atoms with E-state index in [4.69, 9.17) is 19.8 Å². The number of hydrazine groups is 1. The van der Waals surface area contributed by atoms with Gasteiger partial charge < -0.3 is 40.3 Å². The first-order valence-corrected chi connectivity index (χ1v) is 7.01. The predicted molar refractivity (Wildman–Crippen MR) is 67.7 cm³/mol. The van der Waals surface area contributed by atoms with Gasteiger partial charge in [0.25, 0.3) is 6.29 Å². The molecule has 2 rings (SSSR count). The Balaban J connectivity index is 1.98. The van der Waals surface area contributed by atoms with Crippen LogP contribution >= 0.6 is 0 Å². The molecule has 2 saturated heterocycles. The smallest absolute Gasteiger partial charge is 0.262 e. The Labute approximate surface area is 126 Å². The standard InChI is InChI=1S/C11H21N3O8/c15-4-6-2-1-3-13(6)14(20)12-22-11-10(19)9(18)8(17)7(5-16)21-11/h6-11,15-19H,1-5H2/b14-12-/t6-,7+,8+,9-,10+,11-/m0/s1. The number of hydrogen-bond acceptors (Lipinski definition) is 9. The minimum atomic E-state index is -1.64. The molecule has 0 aromatic carbocycles. The van der Waals surface area contributed by atoms with E-state index in [1.807, 2.05) is 0 Å². The van der Waals surface area contributed by atoms with Crippen LogP contribution in [0.25, 0.3) is 0 Å². The summed E-state index contributed by atoms with van der Waals surface area (Å²) in [6.07, 6.45) is -6.05. The topological polar surface area (TPSA) is 161 Å². The van der Waals surface area contributed by atoms with E-state index >= 15 is 0 Å². The summed E-state index contributed by atoms with van der Waals surface area (Å²) in [6, 6.07) is -0.361. The first kappa shape index (κ1) is 17.1. The van der Waals surface area contributed by atoms with Crippen LogP contribution in [0.4, 0.5) is 0 Å². The van der Waals surface area contributed by atoms with Crippen molar-refractivity contribution in [1.29, 1.82) is 0 Å². The van der Waals surface area contributed by atoms with Crippen LogP contribution in [-0.2, 0) is 9.57 Å². The summed E-state index contributed by atoms with van der Waals surface area (Å²) in [4.78, 5) is 4.92. The molecule has 0 aliphatic carbocycles. The van der Waals surface area contributed by atoms with Gasteiger partial charge in [-0.1, -0.05) is 0 Å². The van der Waals surface area contributed by atoms with Crippen molar-refractivity contribution in [2.24, 2.45) is 5.28 Å². The monoisotopic (exact) mass is 323 g/mol. The van der Waals surface area contributed by atoms with Gasteiger partial charge in [-0.3, -0.25) is 0 Å². The highest BCUT2D eigenvalue weighted by Crippen LogP contribution is 2.22. The minimum absolute atomic E-state index is 0.148. The maximum absolute atomic E-state index is 11.8. The van der Waals surface area contributed by atoms with E-state index in [0.29, 0.717) is 13.0 Å². The second-order valence-electron chi connectivity index (χ2n) is 5.28. The molecule has 0 aromatic heterocycles. The van der Waals surface area contributed by atoms with E-state index in [1.54, 1.807) is 0 Å². The fourth-order valence-electron chi connectivity index (χ4n) is 2.52. The summed E-state index contributed by atoms with van der Waals surface area (Å²) >= 11 is 0. The van der Waals surface area contributed by atoms with Crippen LogP contribution in [-0.4, -0.2) is 92.0 Å². The molecule has 128 valence electrons. The van der Waals surface area contributed by atoms with Crippen molar-refractivity contribution in [1.82, 2.24) is 5.01 Å². The Bertz CT molecular complexity index is 396. The summed E-state index contributed by atoms with van der Waals surface area (Å²) < 4.78 is 5.04. The highest BCUT2D eigenvalue weighted by atomic mass is 16.8. The third-order valence-electron chi connectivity index (χ3n) is 3.85. The van der Waals surface area contributed by atoms with Crippen LogP contribution in [0, 0.1) is 5.21 Å². The van der Waals surface area contributed by atoms with Gasteiger partial charge in [0.05, 0.1) is 24.7 Å². The number of hydrogen-bond donors (Lipinski definition) is 5. The van der Waals surface area contributed by atoms with E-state index in [1.165, 1.54) is 5.01 Å². The first-order chi connectivity index (χ1) is 10.5. The fourth-order valence-corrected chi connectivity index (χ4v) is 2.52. The van der Waals surface area contributed by atoms with Crippen molar-refractivity contribution >= 4 is 0 Å². The number of aliphatic hydroxyl groups excluding tert-OH is 5. The molecule has 6 atom stereocenters. The van der Waals surface area contributed by atoms with Gasteiger partial charge in [0.2, 0.25) is 5.28 Å². The normalized spacial score (nSPS) is 40.0. The van der Waals surface area contributed by atoms with Crippen molar-refractivity contribution in [2.45, 2.75) is 49.6 Å². The Morgan fingerprint density at radius 3 is 2.55 bits per heavy atom. The summed E-state index contributed by atoms with van der Waals surface area (Å²) in [5.41, 5.74) is 0. The van der Waals surface area contributed by atoms with E-state index in [0.717, 1.165) is 6.42 Å². The van der Waals surface area contributed by atoms with Crippen molar-refractivity contribution < 1.29 is 40.1 Å². The summed E-state index contributed by atoms with van der Waals surface area (Å²) in [5, 5.41) is 63.4. The summed E-state index contributed by atoms with van der Waals surface area (Å²) in [5.74, 6) is 0. The quantitative estimate of drug-likeness (QED) is 0.202. The van der Waals surface area contributed by atoms with Crippen LogP contribution < -0.4 is 0 Å². The summed E-state index contributed by atoms with van der Waals surface area (Å²) in [7, 11) is 0. The number of ether oxygens (including phenoxy) is 1. The van der Waals surface area contributed by atoms with Gasteiger partial charge in [-0.05, 0) is 12.8 Å². The SMILES string of the molecule is [O-]/[N+](=N\O[C@@H]1O[C@H](CO)[C@@H](O)[C@H](O)[C@H]1O)N1CCC[C@H]1CO. The van der Waals surface area contributed by atoms with E-state index in [-0.39, 0.29) is 17.6 Å². The first-order valence-electron chi connectivity index (χ1n) is 7.01. The van der Waals surface area contributed by atoms with Crippen molar-refractivity contribution in [2.75, 3.05) is 19.8 Å². The van der Waals surface area contributed by atoms with Gasteiger partial charge in [-0.15, -0.1) is 5.01 Å². The lowest BCUT2D eigenvalue weighted by Crippen LogP contribution is -2.58. The molecule has 2 aliphatic heterocycles. The van der Waals surface area contributed by atoms with Crippen molar-refractivity contribution in [3.05, 3.63) is 5.21 Å². The second-order valence-corrected chi connectivity index (χ2v) is 5.28. The molecule has 0 aromatic rings. The molecule has 0 spiro atoms. The molecule has 2 fully saturated rings. The molecule has 11 nitrogen and oxygen atoms in total. The Kier molecular flexibility index (Phi) is 5.72. The molecule has 0 bridgehead atoms. The molecular formula is C11H21N3O8. The van der Waals surface area contributed by atoms with Gasteiger partial charge in [0.1, 0.15) is 30.5 Å². The average molecular weight is 323 g/mol. The van der Waals surface area contributed by atoms with Crippen LogP contribution in [0.5, 0.6) is 0 Å². The molecule has 22 heavy (non-hydrogen) atoms. The van der Waals surface area contributed by atoms with Crippen LogP contribution in [0.2, 0.25) is 0 Å². The molecule has 0 radical (unpaired) electrons. The van der Waals surface area contributed by atoms with E-state index in [9.17, 15) is 20.5 Å². The van der Waals surface area contributed by atoms with Crippen LogP contribution in [0.1, 0.15) is 12.8 Å². The highest BCUT2D eigenvalue weighted by molar-refractivity contribution is 4.88. The number of aliphatic hydroxyl groups is 5. The summed E-state index contributed by atoms with van der Waals surface area (Å²) in [6.45, 7) is -0.408. The third-order valence-corrected chi connectivity index (χ3v) is 3.85. The third kappa shape index (κ3) is 3.39. The highest BCUT2D eigenvalue weighted by Gasteiger charge is 2.45. The molecule has 11 heteroatoms. The largest absolute Gasteiger partial charge is 0.569 e. The van der Waals surface area contributed by atoms with Crippen LogP contribution in [0.3, 0.4) is 0 Å². The number of nitrogens with zero attached hydrogens (tertiary/aromatic N) is 3. The Morgan fingerprint density at radius 1 is 1.18 bits per heavy atom. The van der Waals surface area contributed by atoms with Gasteiger partial charge in [-0.2, -0.15) is 0 Å². The second kappa shape index (κ2) is 7.35. The average Bonchev–Trinajstić information content (AvgIpc) is 3.00. The fraction of sp³-hybridized carbons (Fsp3) is 1.00. The lowest BCUT2D eigenvalue weighted by Gasteiger charge is -2.37. The Morgan fingerprint density at radius 2 is 1.91 bits per heavy atom. The predicted octanol–water partition coefficient (Wildman–Crippen LogP) is -2.95. The van der Waals surface area contributed by atoms with Gasteiger partial charge >= 0.3 is 0 Å². The molecule has 5 N–H and O–H groups in total. The van der Waals surface area contributed by atoms with E-state index in [2.05, 4.69) is 5.28 Å². The zero-order chi connectivity index (χ0) is 16.3. The molecule has 2 heterocycles. The Hall–Kier alpha value is -1.24. The van der Waals surface area contributed by atoms with E-state index < -0.39 is 37.3 Å². The number of rotatable bonds is 5. The molecule has 0 unspecified atom stereocenters. The maximum Gasteiger partial charge on any atom is 0.262 e. The lowest BCUT2D eigenvalue weighted by molar-refractivity contribution is -0.717. The van der Waals surface area contributed by atoms with Crippen LogP contribution in [0.15, 0.2) is 5.28 Å². The zero-order valence-electron chi connectivity index (χ0n) is 11.8.